The largest absolute Gasteiger partial charge is 0.350 e. The Labute approximate surface area is 158 Å². The lowest BCUT2D eigenvalue weighted by Gasteiger charge is -2.11. The Kier molecular flexibility index (Phi) is 5.53. The minimum Gasteiger partial charge on any atom is -0.350 e. The highest BCUT2D eigenvalue weighted by Gasteiger charge is 2.16. The Balaban J connectivity index is 1.84. The predicted octanol–water partition coefficient (Wildman–Crippen LogP) is 2.00. The molecule has 136 valence electrons. The Morgan fingerprint density at radius 1 is 1.23 bits per heavy atom. The zero-order chi connectivity index (χ0) is 18.7. The van der Waals surface area contributed by atoms with Crippen LogP contribution in [-0.4, -0.2) is 19.4 Å². The first-order valence-corrected chi connectivity index (χ1v) is 9.31. The summed E-state index contributed by atoms with van der Waals surface area (Å²) in [5.41, 5.74) is 0.595. The van der Waals surface area contributed by atoms with Gasteiger partial charge in [0.15, 0.2) is 5.52 Å². The average Bonchev–Trinajstić information content (AvgIpc) is 3.11. The minimum atomic E-state index is -0.494. The van der Waals surface area contributed by atoms with Crippen molar-refractivity contribution >= 4 is 40.1 Å². The highest BCUT2D eigenvalue weighted by Crippen LogP contribution is 2.10. The van der Waals surface area contributed by atoms with Gasteiger partial charge in [-0.2, -0.15) is 4.37 Å². The number of rotatable bonds is 6. The van der Waals surface area contributed by atoms with Crippen molar-refractivity contribution in [3.8, 4) is 0 Å². The van der Waals surface area contributed by atoms with Gasteiger partial charge in [0, 0.05) is 23.5 Å². The monoisotopic (exact) mass is 392 g/mol. The molecule has 3 rings (SSSR count). The lowest BCUT2D eigenvalue weighted by atomic mass is 10.2. The molecule has 1 N–H and O–H groups in total. The van der Waals surface area contributed by atoms with E-state index in [2.05, 4.69) is 9.69 Å². The molecule has 2 heterocycles. The molecular weight excluding hydrogens is 376 g/mol. The molecule has 7 nitrogen and oxygen atoms in total. The second-order valence-electron chi connectivity index (χ2n) is 5.78. The van der Waals surface area contributed by atoms with E-state index in [0.29, 0.717) is 23.5 Å². The van der Waals surface area contributed by atoms with E-state index in [0.717, 1.165) is 21.7 Å². The normalized spacial score (nSPS) is 11.0. The maximum atomic E-state index is 12.6. The van der Waals surface area contributed by atoms with Crippen molar-refractivity contribution in [2.75, 3.05) is 0 Å². The Morgan fingerprint density at radius 2 is 1.96 bits per heavy atom. The molecule has 0 saturated heterocycles. The molecule has 1 aromatic carbocycles. The summed E-state index contributed by atoms with van der Waals surface area (Å²) in [6, 6.07) is 7.12. The van der Waals surface area contributed by atoms with Gasteiger partial charge in [0.1, 0.15) is 6.54 Å². The van der Waals surface area contributed by atoms with Crippen molar-refractivity contribution in [1.82, 2.24) is 18.8 Å². The van der Waals surface area contributed by atoms with E-state index >= 15 is 0 Å². The minimum absolute atomic E-state index is 0.175. The van der Waals surface area contributed by atoms with Gasteiger partial charge in [-0.3, -0.25) is 18.7 Å². The molecule has 0 atom stereocenters. The van der Waals surface area contributed by atoms with Crippen LogP contribution in [0.2, 0.25) is 5.02 Å². The average molecular weight is 393 g/mol. The molecule has 26 heavy (non-hydrogen) atoms. The number of carbonyl (C=O) groups is 1. The molecule has 0 aliphatic rings. The standard InChI is InChI=1S/C17H17ClN4O3S/c1-2-7-21-16(24)15-13(10-26-20-15)22(17(21)25)9-14(23)19-8-11-3-5-12(18)6-4-11/h3-6,10H,2,7-9H2,1H3,(H,19,23). The molecule has 0 spiro atoms. The number of hydrogen-bond acceptors (Lipinski definition) is 5. The van der Waals surface area contributed by atoms with E-state index in [4.69, 9.17) is 11.6 Å². The number of aromatic nitrogens is 3. The van der Waals surface area contributed by atoms with Crippen LogP contribution in [0.25, 0.3) is 11.0 Å². The van der Waals surface area contributed by atoms with Crippen LogP contribution in [0, 0.1) is 0 Å². The topological polar surface area (TPSA) is 86.0 Å². The number of carbonyl (C=O) groups excluding carboxylic acids is 1. The van der Waals surface area contributed by atoms with E-state index in [1.807, 2.05) is 19.1 Å². The van der Waals surface area contributed by atoms with E-state index < -0.39 is 11.2 Å². The Hall–Kier alpha value is -2.45. The van der Waals surface area contributed by atoms with Crippen molar-refractivity contribution in [2.24, 2.45) is 0 Å². The molecular formula is C17H17ClN4O3S. The third-order valence-electron chi connectivity index (χ3n) is 3.90. The molecule has 9 heteroatoms. The van der Waals surface area contributed by atoms with Crippen molar-refractivity contribution in [1.29, 1.82) is 0 Å². The summed E-state index contributed by atoms with van der Waals surface area (Å²) < 4.78 is 6.51. The molecule has 0 fully saturated rings. The van der Waals surface area contributed by atoms with Crippen LogP contribution in [0.4, 0.5) is 0 Å². The highest BCUT2D eigenvalue weighted by molar-refractivity contribution is 7.04. The summed E-state index contributed by atoms with van der Waals surface area (Å²) in [5.74, 6) is -0.323. The second kappa shape index (κ2) is 7.84. The number of nitrogens with one attached hydrogen (secondary N) is 1. The van der Waals surface area contributed by atoms with Crippen molar-refractivity contribution in [3.63, 3.8) is 0 Å². The van der Waals surface area contributed by atoms with Crippen LogP contribution in [0.1, 0.15) is 18.9 Å². The van der Waals surface area contributed by atoms with Crippen LogP contribution in [0.15, 0.2) is 39.2 Å². The molecule has 3 aromatic rings. The van der Waals surface area contributed by atoms with Crippen LogP contribution >= 0.6 is 23.1 Å². The van der Waals surface area contributed by atoms with Crippen LogP contribution < -0.4 is 16.6 Å². The lowest BCUT2D eigenvalue weighted by Crippen LogP contribution is -2.42. The summed E-state index contributed by atoms with van der Waals surface area (Å²) in [6.07, 6.45) is 0.632. The Bertz CT molecular complexity index is 1050. The van der Waals surface area contributed by atoms with Crippen LogP contribution in [0.5, 0.6) is 0 Å². The number of fused-ring (bicyclic) bond motifs is 1. The zero-order valence-electron chi connectivity index (χ0n) is 14.1. The number of nitrogens with zero attached hydrogens (tertiary/aromatic N) is 3. The molecule has 0 saturated carbocycles. The van der Waals surface area contributed by atoms with Crippen molar-refractivity contribution in [2.45, 2.75) is 33.0 Å². The molecule has 0 radical (unpaired) electrons. The lowest BCUT2D eigenvalue weighted by molar-refractivity contribution is -0.121. The predicted molar refractivity (Wildman–Crippen MR) is 102 cm³/mol. The number of benzene rings is 1. The molecule has 0 bridgehead atoms. The third-order valence-corrected chi connectivity index (χ3v) is 4.77. The second-order valence-corrected chi connectivity index (χ2v) is 6.84. The maximum absolute atomic E-state index is 12.6. The number of halogens is 1. The Morgan fingerprint density at radius 3 is 2.65 bits per heavy atom. The van der Waals surface area contributed by atoms with E-state index in [-0.39, 0.29) is 24.5 Å². The first kappa shape index (κ1) is 18.3. The first-order valence-electron chi connectivity index (χ1n) is 8.10. The SMILES string of the molecule is CCCn1c(=O)c2nscc2n(CC(=O)NCc2ccc(Cl)cc2)c1=O. The fourth-order valence-corrected chi connectivity index (χ4v) is 3.41. The van der Waals surface area contributed by atoms with E-state index in [1.54, 1.807) is 17.5 Å². The van der Waals surface area contributed by atoms with Crippen LogP contribution in [0.3, 0.4) is 0 Å². The molecule has 0 aliphatic carbocycles. The van der Waals surface area contributed by atoms with Gasteiger partial charge in [0.25, 0.3) is 5.56 Å². The summed E-state index contributed by atoms with van der Waals surface area (Å²) >= 11 is 6.93. The fourth-order valence-electron chi connectivity index (χ4n) is 2.61. The third kappa shape index (κ3) is 3.71. The van der Waals surface area contributed by atoms with Gasteiger partial charge < -0.3 is 5.32 Å². The molecule has 0 unspecified atom stereocenters. The van der Waals surface area contributed by atoms with E-state index in [9.17, 15) is 14.4 Å². The summed E-state index contributed by atoms with van der Waals surface area (Å²) in [7, 11) is 0. The summed E-state index contributed by atoms with van der Waals surface area (Å²) in [5, 5.41) is 5.01. The molecule has 1 amide bonds. The van der Waals surface area contributed by atoms with Gasteiger partial charge in [-0.05, 0) is 35.6 Å². The smallest absolute Gasteiger partial charge is 0.332 e. The highest BCUT2D eigenvalue weighted by atomic mass is 35.5. The van der Waals surface area contributed by atoms with Gasteiger partial charge in [0.2, 0.25) is 5.91 Å². The zero-order valence-corrected chi connectivity index (χ0v) is 15.6. The number of amides is 1. The quantitative estimate of drug-likeness (QED) is 0.695. The van der Waals surface area contributed by atoms with Crippen molar-refractivity contribution in [3.05, 3.63) is 61.1 Å². The summed E-state index contributed by atoms with van der Waals surface area (Å²) in [6.45, 7) is 2.31. The maximum Gasteiger partial charge on any atom is 0.332 e. The number of hydrogen-bond donors (Lipinski definition) is 1. The van der Waals surface area contributed by atoms with Gasteiger partial charge in [0.05, 0.1) is 5.52 Å². The van der Waals surface area contributed by atoms with Crippen molar-refractivity contribution < 1.29 is 4.79 Å². The fraction of sp³-hybridized carbons (Fsp3) is 0.294. The first-order chi connectivity index (χ1) is 12.5. The van der Waals surface area contributed by atoms with Crippen LogP contribution in [-0.2, 0) is 24.4 Å². The summed E-state index contributed by atoms with van der Waals surface area (Å²) in [4.78, 5) is 37.3. The molecule has 2 aromatic heterocycles. The van der Waals surface area contributed by atoms with Gasteiger partial charge in [-0.15, -0.1) is 0 Å². The van der Waals surface area contributed by atoms with Gasteiger partial charge in [-0.25, -0.2) is 4.79 Å². The van der Waals surface area contributed by atoms with Gasteiger partial charge >= 0.3 is 5.69 Å². The van der Waals surface area contributed by atoms with Gasteiger partial charge in [-0.1, -0.05) is 30.7 Å². The van der Waals surface area contributed by atoms with E-state index in [1.165, 1.54) is 4.57 Å². The molecule has 0 aliphatic heterocycles.